The Kier molecular flexibility index (Phi) is 8.11. The summed E-state index contributed by atoms with van der Waals surface area (Å²) in [5, 5.41) is 6.15. The summed E-state index contributed by atoms with van der Waals surface area (Å²) in [6.45, 7) is 0. The molecule has 3 aromatic carbocycles. The summed E-state index contributed by atoms with van der Waals surface area (Å²) in [5.74, 6) is 0.508. The van der Waals surface area contributed by atoms with Gasteiger partial charge in [0.2, 0.25) is 5.91 Å². The van der Waals surface area contributed by atoms with E-state index in [9.17, 15) is 18.0 Å². The zero-order chi connectivity index (χ0) is 23.8. The third-order valence-corrected chi connectivity index (χ3v) is 5.51. The fourth-order valence-electron chi connectivity index (χ4n) is 3.69. The number of aryl methyl sites for hydroxylation is 1. The Morgan fingerprint density at radius 1 is 0.939 bits per heavy atom. The molecular weight excluding hydrogens is 429 g/mol. The second-order valence-corrected chi connectivity index (χ2v) is 7.69. The molecule has 1 amide bonds. The largest absolute Gasteiger partial charge is 0.497 e. The molecule has 0 spiro atoms. The van der Waals surface area contributed by atoms with Crippen LogP contribution in [0.1, 0.15) is 40.8 Å². The summed E-state index contributed by atoms with van der Waals surface area (Å²) >= 11 is 0. The van der Waals surface area contributed by atoms with Crippen LogP contribution in [-0.4, -0.2) is 20.1 Å². The van der Waals surface area contributed by atoms with Crippen LogP contribution in [0.25, 0.3) is 0 Å². The van der Waals surface area contributed by atoms with Gasteiger partial charge in [-0.3, -0.25) is 10.1 Å². The lowest BCUT2D eigenvalue weighted by Gasteiger charge is -2.26. The zero-order valence-corrected chi connectivity index (χ0v) is 18.5. The molecule has 4 nitrogen and oxygen atoms in total. The summed E-state index contributed by atoms with van der Waals surface area (Å²) < 4.78 is 44.0. The summed E-state index contributed by atoms with van der Waals surface area (Å²) in [4.78, 5) is 12.7. The quantitative estimate of drug-likeness (QED) is 0.449. The van der Waals surface area contributed by atoms with Gasteiger partial charge in [-0.05, 0) is 53.8 Å². The van der Waals surface area contributed by atoms with Gasteiger partial charge in [-0.15, -0.1) is 0 Å². The van der Waals surface area contributed by atoms with Crippen molar-refractivity contribution in [3.63, 3.8) is 0 Å². The second kappa shape index (κ2) is 11.0. The van der Waals surface area contributed by atoms with Gasteiger partial charge in [0, 0.05) is 13.1 Å². The van der Waals surface area contributed by atoms with Gasteiger partial charge in [0.05, 0.1) is 12.7 Å². The first-order valence-electron chi connectivity index (χ1n) is 10.6. The fraction of sp³-hybridized carbons (Fsp3) is 0.269. The number of amides is 1. The highest BCUT2D eigenvalue weighted by molar-refractivity contribution is 5.83. The van der Waals surface area contributed by atoms with Gasteiger partial charge in [-0.1, -0.05) is 54.6 Å². The van der Waals surface area contributed by atoms with E-state index < -0.39 is 17.8 Å². The molecular formula is C26H27F3N2O2. The SMILES string of the molecule is CNC(=O)[C@@H](N[C@H](CCc1ccc(C(F)(F)F)cc1)c1cccc(OC)c1)c1ccccc1. The summed E-state index contributed by atoms with van der Waals surface area (Å²) in [7, 11) is 3.17. The van der Waals surface area contributed by atoms with Gasteiger partial charge in [0.25, 0.3) is 0 Å². The monoisotopic (exact) mass is 456 g/mol. The molecule has 7 heteroatoms. The number of hydrogen-bond donors (Lipinski definition) is 2. The van der Waals surface area contributed by atoms with Crippen molar-refractivity contribution in [2.75, 3.05) is 14.2 Å². The van der Waals surface area contributed by atoms with E-state index in [1.54, 1.807) is 14.2 Å². The molecule has 0 aromatic heterocycles. The minimum Gasteiger partial charge on any atom is -0.497 e. The van der Waals surface area contributed by atoms with E-state index in [0.717, 1.165) is 28.8 Å². The molecule has 0 radical (unpaired) electrons. The molecule has 3 rings (SSSR count). The first kappa shape index (κ1) is 24.3. The van der Waals surface area contributed by atoms with Gasteiger partial charge in [0.15, 0.2) is 0 Å². The van der Waals surface area contributed by atoms with E-state index in [2.05, 4.69) is 10.6 Å². The molecule has 0 bridgehead atoms. The average molecular weight is 457 g/mol. The van der Waals surface area contributed by atoms with Crippen LogP contribution in [0, 0.1) is 0 Å². The van der Waals surface area contributed by atoms with Crippen molar-refractivity contribution in [1.29, 1.82) is 0 Å². The maximum Gasteiger partial charge on any atom is 0.416 e. The first-order valence-corrected chi connectivity index (χ1v) is 10.6. The Morgan fingerprint density at radius 3 is 2.21 bits per heavy atom. The minimum atomic E-state index is -4.36. The molecule has 174 valence electrons. The normalized spacial score (nSPS) is 13.2. The Labute approximate surface area is 191 Å². The van der Waals surface area contributed by atoms with Crippen LogP contribution >= 0.6 is 0 Å². The lowest BCUT2D eigenvalue weighted by atomic mass is 9.96. The summed E-state index contributed by atoms with van der Waals surface area (Å²) in [5.41, 5.74) is 1.86. The van der Waals surface area contributed by atoms with Crippen molar-refractivity contribution in [3.05, 3.63) is 101 Å². The number of ether oxygens (including phenoxy) is 1. The Hall–Kier alpha value is -3.32. The number of carbonyl (C=O) groups excluding carboxylic acids is 1. The maximum atomic E-state index is 12.9. The Balaban J connectivity index is 1.86. The van der Waals surface area contributed by atoms with Crippen molar-refractivity contribution in [3.8, 4) is 5.75 Å². The van der Waals surface area contributed by atoms with E-state index in [1.165, 1.54) is 12.1 Å². The molecule has 0 aliphatic carbocycles. The van der Waals surface area contributed by atoms with Crippen LogP contribution in [0.3, 0.4) is 0 Å². The lowest BCUT2D eigenvalue weighted by molar-refractivity contribution is -0.137. The highest BCUT2D eigenvalue weighted by atomic mass is 19.4. The van der Waals surface area contributed by atoms with Crippen molar-refractivity contribution >= 4 is 5.91 Å². The molecule has 2 atom stereocenters. The highest BCUT2D eigenvalue weighted by Crippen LogP contribution is 2.30. The number of rotatable bonds is 9. The smallest absolute Gasteiger partial charge is 0.416 e. The van der Waals surface area contributed by atoms with E-state index in [0.29, 0.717) is 18.6 Å². The van der Waals surface area contributed by atoms with Crippen molar-refractivity contribution < 1.29 is 22.7 Å². The number of benzene rings is 3. The number of alkyl halides is 3. The van der Waals surface area contributed by atoms with Crippen LogP contribution in [0.15, 0.2) is 78.9 Å². The third kappa shape index (κ3) is 6.58. The number of likely N-dealkylation sites (N-methyl/N-ethyl adjacent to an activating group) is 1. The first-order chi connectivity index (χ1) is 15.8. The molecule has 0 aliphatic heterocycles. The molecule has 33 heavy (non-hydrogen) atoms. The zero-order valence-electron chi connectivity index (χ0n) is 18.5. The van der Waals surface area contributed by atoms with Crippen LogP contribution in [0.5, 0.6) is 5.75 Å². The maximum absolute atomic E-state index is 12.9. The molecule has 0 aliphatic rings. The standard InChI is InChI=1S/C26H27F3N2O2/c1-30-25(32)24(19-7-4-3-5-8-19)31-23(20-9-6-10-22(17-20)33-2)16-13-18-11-14-21(15-12-18)26(27,28)29/h3-12,14-15,17,23-24,31H,13,16H2,1-2H3,(H,30,32)/t23-,24+/m1/s1. The molecule has 0 unspecified atom stereocenters. The predicted molar refractivity (Wildman–Crippen MR) is 122 cm³/mol. The Bertz CT molecular complexity index is 1040. The second-order valence-electron chi connectivity index (χ2n) is 7.69. The molecule has 3 aromatic rings. The van der Waals surface area contributed by atoms with Gasteiger partial charge in [-0.2, -0.15) is 13.2 Å². The van der Waals surface area contributed by atoms with Crippen LogP contribution in [0.2, 0.25) is 0 Å². The topological polar surface area (TPSA) is 50.4 Å². The molecule has 0 fully saturated rings. The molecule has 0 saturated heterocycles. The van der Waals surface area contributed by atoms with Gasteiger partial charge >= 0.3 is 6.18 Å². The Morgan fingerprint density at radius 2 is 1.61 bits per heavy atom. The predicted octanol–water partition coefficient (Wildman–Crippen LogP) is 5.46. The molecule has 2 N–H and O–H groups in total. The van der Waals surface area contributed by atoms with Crippen LogP contribution in [-0.2, 0) is 17.4 Å². The third-order valence-electron chi connectivity index (χ3n) is 5.51. The highest BCUT2D eigenvalue weighted by Gasteiger charge is 2.30. The van der Waals surface area contributed by atoms with Gasteiger partial charge < -0.3 is 10.1 Å². The number of methoxy groups -OCH3 is 1. The number of nitrogens with one attached hydrogen (secondary N) is 2. The summed E-state index contributed by atoms with van der Waals surface area (Å²) in [6, 6.07) is 21.3. The van der Waals surface area contributed by atoms with Crippen LogP contribution < -0.4 is 15.4 Å². The minimum absolute atomic E-state index is 0.177. The number of halogens is 3. The van der Waals surface area contributed by atoms with E-state index in [-0.39, 0.29) is 11.9 Å². The molecule has 0 saturated carbocycles. The lowest BCUT2D eigenvalue weighted by Crippen LogP contribution is -2.38. The van der Waals surface area contributed by atoms with E-state index >= 15 is 0 Å². The van der Waals surface area contributed by atoms with E-state index in [1.807, 2.05) is 54.6 Å². The fourth-order valence-corrected chi connectivity index (χ4v) is 3.69. The van der Waals surface area contributed by atoms with Gasteiger partial charge in [-0.25, -0.2) is 0 Å². The summed E-state index contributed by atoms with van der Waals surface area (Å²) in [6.07, 6.45) is -3.26. The molecule has 0 heterocycles. The average Bonchev–Trinajstić information content (AvgIpc) is 2.84. The van der Waals surface area contributed by atoms with Gasteiger partial charge in [0.1, 0.15) is 11.8 Å². The van der Waals surface area contributed by atoms with E-state index in [4.69, 9.17) is 4.74 Å². The van der Waals surface area contributed by atoms with Crippen LogP contribution in [0.4, 0.5) is 13.2 Å². The number of hydrogen-bond acceptors (Lipinski definition) is 3. The number of carbonyl (C=O) groups is 1. The van der Waals surface area contributed by atoms with Crippen molar-refractivity contribution in [2.24, 2.45) is 0 Å². The van der Waals surface area contributed by atoms with Crippen molar-refractivity contribution in [2.45, 2.75) is 31.1 Å². The van der Waals surface area contributed by atoms with Crippen molar-refractivity contribution in [1.82, 2.24) is 10.6 Å².